The van der Waals surface area contributed by atoms with E-state index in [1.807, 2.05) is 0 Å². The highest BCUT2D eigenvalue weighted by molar-refractivity contribution is 9.10. The second kappa shape index (κ2) is 8.56. The summed E-state index contributed by atoms with van der Waals surface area (Å²) < 4.78 is 32.6. The molecular weight excluding hydrogens is 304 g/mol. The minimum atomic E-state index is -0.547. The van der Waals surface area contributed by atoms with E-state index in [1.165, 1.54) is 12.1 Å². The van der Waals surface area contributed by atoms with Gasteiger partial charge in [0.1, 0.15) is 11.6 Å². The molecule has 2 nitrogen and oxygen atoms in total. The molecule has 0 aliphatic carbocycles. The van der Waals surface area contributed by atoms with Gasteiger partial charge >= 0.3 is 0 Å². The summed E-state index contributed by atoms with van der Waals surface area (Å²) in [7, 11) is 0. The van der Waals surface area contributed by atoms with Crippen LogP contribution in [0.25, 0.3) is 0 Å². The summed E-state index contributed by atoms with van der Waals surface area (Å²) in [5.74, 6) is -1.08. The Morgan fingerprint density at radius 2 is 2.06 bits per heavy atom. The van der Waals surface area contributed by atoms with Gasteiger partial charge in [0.25, 0.3) is 0 Å². The number of hydrogen-bond donors (Lipinski definition) is 1. The third-order valence-corrected chi connectivity index (χ3v) is 3.12. The number of benzene rings is 1. The zero-order valence-corrected chi connectivity index (χ0v) is 12.0. The monoisotopic (exact) mass is 321 g/mol. The maximum absolute atomic E-state index is 13.6. The molecule has 1 aromatic rings. The summed E-state index contributed by atoms with van der Waals surface area (Å²) in [5.41, 5.74) is 0.0536. The van der Waals surface area contributed by atoms with Crippen molar-refractivity contribution in [2.24, 2.45) is 0 Å². The van der Waals surface area contributed by atoms with Gasteiger partial charge < -0.3 is 10.1 Å². The zero-order chi connectivity index (χ0) is 13.4. The Bertz CT molecular complexity index is 374. The SMILES string of the molecule is CCCCOCCNCc1c(F)ccc(Br)c1F. The van der Waals surface area contributed by atoms with Crippen molar-refractivity contribution in [1.29, 1.82) is 0 Å². The number of rotatable bonds is 8. The number of halogens is 3. The van der Waals surface area contributed by atoms with Crippen molar-refractivity contribution in [2.45, 2.75) is 26.3 Å². The first-order chi connectivity index (χ1) is 8.66. The Kier molecular flexibility index (Phi) is 7.39. The van der Waals surface area contributed by atoms with E-state index >= 15 is 0 Å². The highest BCUT2D eigenvalue weighted by Gasteiger charge is 2.11. The highest BCUT2D eigenvalue weighted by atomic mass is 79.9. The maximum Gasteiger partial charge on any atom is 0.144 e. The quantitative estimate of drug-likeness (QED) is 0.583. The molecule has 0 aliphatic rings. The van der Waals surface area contributed by atoms with Crippen LogP contribution in [0.5, 0.6) is 0 Å². The van der Waals surface area contributed by atoms with Crippen LogP contribution in [0.3, 0.4) is 0 Å². The standard InChI is InChI=1S/C13H18BrF2NO/c1-2-3-7-18-8-6-17-9-10-12(15)5-4-11(14)13(10)16/h4-5,17H,2-3,6-9H2,1H3. The Morgan fingerprint density at radius 3 is 2.78 bits per heavy atom. The minimum Gasteiger partial charge on any atom is -0.380 e. The summed E-state index contributed by atoms with van der Waals surface area (Å²) >= 11 is 3.04. The highest BCUT2D eigenvalue weighted by Crippen LogP contribution is 2.21. The summed E-state index contributed by atoms with van der Waals surface area (Å²) in [6.07, 6.45) is 2.14. The molecule has 0 atom stereocenters. The number of ether oxygens (including phenoxy) is 1. The fourth-order valence-corrected chi connectivity index (χ4v) is 1.81. The molecule has 5 heteroatoms. The second-order valence-corrected chi connectivity index (χ2v) is 4.82. The predicted molar refractivity (Wildman–Crippen MR) is 71.5 cm³/mol. The molecule has 0 spiro atoms. The third kappa shape index (κ3) is 5.00. The van der Waals surface area contributed by atoms with E-state index in [0.717, 1.165) is 19.4 Å². The van der Waals surface area contributed by atoms with Crippen molar-refractivity contribution < 1.29 is 13.5 Å². The van der Waals surface area contributed by atoms with E-state index in [-0.39, 0.29) is 16.6 Å². The van der Waals surface area contributed by atoms with Crippen LogP contribution in [-0.4, -0.2) is 19.8 Å². The molecule has 18 heavy (non-hydrogen) atoms. The van der Waals surface area contributed by atoms with Gasteiger partial charge in [-0.25, -0.2) is 8.78 Å². The maximum atomic E-state index is 13.6. The van der Waals surface area contributed by atoms with Crippen LogP contribution in [0.2, 0.25) is 0 Å². The smallest absolute Gasteiger partial charge is 0.144 e. The van der Waals surface area contributed by atoms with Crippen molar-refractivity contribution in [2.75, 3.05) is 19.8 Å². The van der Waals surface area contributed by atoms with Crippen molar-refractivity contribution in [3.8, 4) is 0 Å². The van der Waals surface area contributed by atoms with Gasteiger partial charge in [0.15, 0.2) is 0 Å². The first kappa shape index (κ1) is 15.5. The molecule has 0 aliphatic heterocycles. The summed E-state index contributed by atoms with van der Waals surface area (Å²) in [5, 5.41) is 2.96. The molecule has 1 rings (SSSR count). The molecule has 0 saturated carbocycles. The number of hydrogen-bond acceptors (Lipinski definition) is 2. The largest absolute Gasteiger partial charge is 0.380 e. The molecule has 0 heterocycles. The van der Waals surface area contributed by atoms with Crippen LogP contribution in [0.15, 0.2) is 16.6 Å². The summed E-state index contributed by atoms with van der Waals surface area (Å²) in [4.78, 5) is 0. The normalized spacial score (nSPS) is 10.9. The molecule has 0 aromatic heterocycles. The van der Waals surface area contributed by atoms with Crippen molar-refractivity contribution >= 4 is 15.9 Å². The predicted octanol–water partition coefficient (Wildman–Crippen LogP) is 3.63. The summed E-state index contributed by atoms with van der Waals surface area (Å²) in [6.45, 7) is 4.12. The van der Waals surface area contributed by atoms with Crippen LogP contribution in [0.4, 0.5) is 8.78 Å². The van der Waals surface area contributed by atoms with Crippen LogP contribution in [0, 0.1) is 11.6 Å². The molecule has 0 amide bonds. The van der Waals surface area contributed by atoms with Gasteiger partial charge in [-0.05, 0) is 34.5 Å². The lowest BCUT2D eigenvalue weighted by molar-refractivity contribution is 0.132. The molecule has 0 unspecified atom stereocenters. The lowest BCUT2D eigenvalue weighted by Crippen LogP contribution is -2.21. The Hall–Kier alpha value is -0.520. The summed E-state index contributed by atoms with van der Waals surface area (Å²) in [6, 6.07) is 2.62. The van der Waals surface area contributed by atoms with Gasteiger partial charge in [0, 0.05) is 25.3 Å². The van der Waals surface area contributed by atoms with Crippen LogP contribution in [-0.2, 0) is 11.3 Å². The van der Waals surface area contributed by atoms with Gasteiger partial charge in [-0.1, -0.05) is 13.3 Å². The molecule has 1 N–H and O–H groups in total. The zero-order valence-electron chi connectivity index (χ0n) is 10.4. The molecular formula is C13H18BrF2NO. The first-order valence-electron chi connectivity index (χ1n) is 6.07. The van der Waals surface area contributed by atoms with Crippen LogP contribution < -0.4 is 5.32 Å². The molecule has 0 saturated heterocycles. The average Bonchev–Trinajstić information content (AvgIpc) is 2.36. The van der Waals surface area contributed by atoms with Gasteiger partial charge in [-0.2, -0.15) is 0 Å². The Morgan fingerprint density at radius 1 is 1.28 bits per heavy atom. The topological polar surface area (TPSA) is 21.3 Å². The molecule has 0 radical (unpaired) electrons. The van der Waals surface area contributed by atoms with Crippen LogP contribution >= 0.6 is 15.9 Å². The van der Waals surface area contributed by atoms with E-state index in [4.69, 9.17) is 4.74 Å². The van der Waals surface area contributed by atoms with Crippen molar-refractivity contribution in [1.82, 2.24) is 5.32 Å². The van der Waals surface area contributed by atoms with E-state index in [2.05, 4.69) is 28.2 Å². The van der Waals surface area contributed by atoms with Crippen molar-refractivity contribution in [3.63, 3.8) is 0 Å². The molecule has 0 fully saturated rings. The van der Waals surface area contributed by atoms with E-state index in [9.17, 15) is 8.78 Å². The lowest BCUT2D eigenvalue weighted by Gasteiger charge is -2.08. The molecule has 1 aromatic carbocycles. The van der Waals surface area contributed by atoms with Gasteiger partial charge in [-0.15, -0.1) is 0 Å². The van der Waals surface area contributed by atoms with Gasteiger partial charge in [-0.3, -0.25) is 0 Å². The number of unbranched alkanes of at least 4 members (excludes halogenated alkanes) is 1. The molecule has 102 valence electrons. The lowest BCUT2D eigenvalue weighted by atomic mass is 10.2. The van der Waals surface area contributed by atoms with Crippen molar-refractivity contribution in [3.05, 3.63) is 33.8 Å². The van der Waals surface area contributed by atoms with E-state index < -0.39 is 11.6 Å². The fourth-order valence-electron chi connectivity index (χ4n) is 1.44. The first-order valence-corrected chi connectivity index (χ1v) is 6.87. The Balaban J connectivity index is 2.29. The third-order valence-electron chi connectivity index (χ3n) is 2.51. The van der Waals surface area contributed by atoms with E-state index in [0.29, 0.717) is 13.2 Å². The van der Waals surface area contributed by atoms with E-state index in [1.54, 1.807) is 0 Å². The van der Waals surface area contributed by atoms with Gasteiger partial charge in [0.2, 0.25) is 0 Å². The number of nitrogens with one attached hydrogen (secondary N) is 1. The Labute approximate surface area is 115 Å². The van der Waals surface area contributed by atoms with Gasteiger partial charge in [0.05, 0.1) is 11.1 Å². The van der Waals surface area contributed by atoms with Crippen LogP contribution in [0.1, 0.15) is 25.3 Å². The minimum absolute atomic E-state index is 0.0536. The second-order valence-electron chi connectivity index (χ2n) is 3.96. The average molecular weight is 322 g/mol. The molecule has 0 bridgehead atoms. The fraction of sp³-hybridized carbons (Fsp3) is 0.538.